The number of carbonyl (C=O) groups is 1. The van der Waals surface area contributed by atoms with Gasteiger partial charge in [-0.15, -0.1) is 0 Å². The summed E-state index contributed by atoms with van der Waals surface area (Å²) in [6.07, 6.45) is 3.86. The summed E-state index contributed by atoms with van der Waals surface area (Å²) in [4.78, 5) is 22.1. The Hall–Kier alpha value is -2.80. The molecule has 1 aromatic heterocycles. The van der Waals surface area contributed by atoms with E-state index in [1.807, 2.05) is 47.5 Å². The van der Waals surface area contributed by atoms with E-state index in [1.165, 1.54) is 5.56 Å². The van der Waals surface area contributed by atoms with Crippen LogP contribution in [0.2, 0.25) is 0 Å². The highest BCUT2D eigenvalue weighted by molar-refractivity contribution is 5.82. The van der Waals surface area contributed by atoms with E-state index in [0.717, 1.165) is 55.6 Å². The first-order chi connectivity index (χ1) is 16.7. The molecule has 34 heavy (non-hydrogen) atoms. The van der Waals surface area contributed by atoms with Gasteiger partial charge < -0.3 is 14.4 Å². The van der Waals surface area contributed by atoms with Gasteiger partial charge >= 0.3 is 0 Å². The highest BCUT2D eigenvalue weighted by Crippen LogP contribution is 2.22. The van der Waals surface area contributed by atoms with Crippen molar-refractivity contribution in [1.82, 2.24) is 14.8 Å². The Kier molecular flexibility index (Phi) is 7.49. The zero-order chi connectivity index (χ0) is 23.2. The number of fused-ring (bicyclic) bond motifs is 1. The quantitative estimate of drug-likeness (QED) is 0.537. The van der Waals surface area contributed by atoms with E-state index < -0.39 is 0 Å². The van der Waals surface area contributed by atoms with Crippen molar-refractivity contribution in [2.24, 2.45) is 5.92 Å². The number of para-hydroxylation sites is 1. The van der Waals surface area contributed by atoms with Crippen LogP contribution in [0.15, 0.2) is 66.9 Å². The molecule has 2 fully saturated rings. The Balaban J connectivity index is 1.33. The lowest BCUT2D eigenvalue weighted by Crippen LogP contribution is -2.42. The lowest BCUT2D eigenvalue weighted by molar-refractivity contribution is -0.133. The molecule has 0 saturated carbocycles. The fourth-order valence-electron chi connectivity index (χ4n) is 5.01. The molecule has 2 saturated heterocycles. The van der Waals surface area contributed by atoms with Gasteiger partial charge in [-0.3, -0.25) is 14.7 Å². The second kappa shape index (κ2) is 11.1. The molecule has 178 valence electrons. The highest BCUT2D eigenvalue weighted by Gasteiger charge is 2.30. The minimum absolute atomic E-state index is 0.0420. The first-order valence-corrected chi connectivity index (χ1v) is 12.3. The van der Waals surface area contributed by atoms with Gasteiger partial charge in [0.25, 0.3) is 0 Å². The molecule has 2 aliphatic heterocycles. The Bertz CT molecular complexity index is 1080. The van der Waals surface area contributed by atoms with E-state index in [0.29, 0.717) is 32.2 Å². The van der Waals surface area contributed by atoms with Crippen LogP contribution in [0, 0.1) is 5.92 Å². The summed E-state index contributed by atoms with van der Waals surface area (Å²) in [7, 11) is 0. The Morgan fingerprint density at radius 2 is 1.76 bits per heavy atom. The van der Waals surface area contributed by atoms with Crippen molar-refractivity contribution < 1.29 is 14.3 Å². The number of hydrogen-bond acceptors (Lipinski definition) is 5. The number of rotatable bonds is 7. The van der Waals surface area contributed by atoms with E-state index in [9.17, 15) is 4.79 Å². The van der Waals surface area contributed by atoms with Crippen LogP contribution in [0.3, 0.4) is 0 Å². The van der Waals surface area contributed by atoms with Crippen LogP contribution in [-0.2, 0) is 27.4 Å². The van der Waals surface area contributed by atoms with Crippen LogP contribution in [0.1, 0.15) is 24.0 Å². The second-order valence-electron chi connectivity index (χ2n) is 9.43. The van der Waals surface area contributed by atoms with Crippen LogP contribution in [0.4, 0.5) is 0 Å². The van der Waals surface area contributed by atoms with Gasteiger partial charge in [0, 0.05) is 51.0 Å². The lowest BCUT2D eigenvalue weighted by atomic mass is 9.99. The third kappa shape index (κ3) is 5.81. The molecule has 0 N–H and O–H groups in total. The molecule has 2 aliphatic rings. The molecule has 5 rings (SSSR count). The highest BCUT2D eigenvalue weighted by atomic mass is 16.5. The molecule has 0 radical (unpaired) electrons. The van der Waals surface area contributed by atoms with Gasteiger partial charge in [0.05, 0.1) is 24.8 Å². The van der Waals surface area contributed by atoms with Gasteiger partial charge in [-0.2, -0.15) is 0 Å². The third-order valence-corrected chi connectivity index (χ3v) is 6.88. The SMILES string of the molecule is O=C1CN(Cc2ccnc3ccccc23)CC(OCc2ccccc2)CN1CC1CCOCC1. The average Bonchev–Trinajstić information content (AvgIpc) is 3.02. The fourth-order valence-corrected chi connectivity index (χ4v) is 5.01. The van der Waals surface area contributed by atoms with E-state index in [1.54, 1.807) is 0 Å². The van der Waals surface area contributed by atoms with Crippen molar-refractivity contribution in [2.75, 3.05) is 39.4 Å². The van der Waals surface area contributed by atoms with Crippen molar-refractivity contribution in [3.63, 3.8) is 0 Å². The van der Waals surface area contributed by atoms with Crippen molar-refractivity contribution in [3.05, 3.63) is 78.0 Å². The predicted octanol–water partition coefficient (Wildman–Crippen LogP) is 3.89. The summed E-state index contributed by atoms with van der Waals surface area (Å²) in [5.74, 6) is 0.693. The zero-order valence-corrected chi connectivity index (χ0v) is 19.6. The van der Waals surface area contributed by atoms with Crippen LogP contribution in [0.25, 0.3) is 10.9 Å². The molecule has 2 aromatic carbocycles. The van der Waals surface area contributed by atoms with E-state index in [4.69, 9.17) is 9.47 Å². The average molecular weight is 460 g/mol. The number of aromatic nitrogens is 1. The molecule has 3 heterocycles. The third-order valence-electron chi connectivity index (χ3n) is 6.88. The standard InChI is InChI=1S/C28H33N3O3/c32-28-20-30(17-24-10-13-29-27-9-5-4-8-26(24)27)18-25(34-21-23-6-2-1-3-7-23)19-31(28)16-22-11-14-33-15-12-22/h1-10,13,22,25H,11-12,14-21H2. The number of nitrogens with zero attached hydrogens (tertiary/aromatic N) is 3. The Morgan fingerprint density at radius 3 is 2.62 bits per heavy atom. The molecule has 6 heteroatoms. The van der Waals surface area contributed by atoms with Gasteiger partial charge in [-0.05, 0) is 42.0 Å². The van der Waals surface area contributed by atoms with Crippen molar-refractivity contribution in [1.29, 1.82) is 0 Å². The topological polar surface area (TPSA) is 54.9 Å². The van der Waals surface area contributed by atoms with Crippen LogP contribution in [-0.4, -0.2) is 66.2 Å². The van der Waals surface area contributed by atoms with Gasteiger partial charge in [-0.25, -0.2) is 0 Å². The minimum Gasteiger partial charge on any atom is -0.381 e. The molecular weight excluding hydrogens is 426 g/mol. The molecule has 3 aromatic rings. The van der Waals surface area contributed by atoms with E-state index >= 15 is 0 Å². The summed E-state index contributed by atoms with van der Waals surface area (Å²) in [6.45, 7) is 5.40. The van der Waals surface area contributed by atoms with Gasteiger partial charge in [0.2, 0.25) is 5.91 Å². The molecule has 0 spiro atoms. The monoisotopic (exact) mass is 459 g/mol. The second-order valence-corrected chi connectivity index (χ2v) is 9.43. The first-order valence-electron chi connectivity index (χ1n) is 12.3. The Morgan fingerprint density at radius 1 is 0.971 bits per heavy atom. The summed E-state index contributed by atoms with van der Waals surface area (Å²) >= 11 is 0. The van der Waals surface area contributed by atoms with Crippen molar-refractivity contribution in [3.8, 4) is 0 Å². The molecular formula is C28H33N3O3. The Labute approximate surface area is 201 Å². The van der Waals surface area contributed by atoms with Crippen LogP contribution in [0.5, 0.6) is 0 Å². The minimum atomic E-state index is -0.0420. The van der Waals surface area contributed by atoms with Crippen molar-refractivity contribution in [2.45, 2.75) is 32.1 Å². The molecule has 6 nitrogen and oxygen atoms in total. The maximum absolute atomic E-state index is 13.4. The van der Waals surface area contributed by atoms with Gasteiger partial charge in [0.15, 0.2) is 0 Å². The molecule has 1 unspecified atom stereocenters. The summed E-state index contributed by atoms with van der Waals surface area (Å²) in [5.41, 5.74) is 3.33. The lowest BCUT2D eigenvalue weighted by Gasteiger charge is -2.30. The first kappa shape index (κ1) is 23.0. The number of amides is 1. The smallest absolute Gasteiger partial charge is 0.236 e. The van der Waals surface area contributed by atoms with Gasteiger partial charge in [-0.1, -0.05) is 48.5 Å². The molecule has 0 aliphatic carbocycles. The van der Waals surface area contributed by atoms with Crippen LogP contribution < -0.4 is 0 Å². The maximum Gasteiger partial charge on any atom is 0.236 e. The van der Waals surface area contributed by atoms with E-state index in [2.05, 4.69) is 34.1 Å². The molecule has 0 bridgehead atoms. The fraction of sp³-hybridized carbons (Fsp3) is 0.429. The molecule has 1 amide bonds. The predicted molar refractivity (Wildman–Crippen MR) is 132 cm³/mol. The number of pyridine rings is 1. The number of benzene rings is 2. The summed E-state index contributed by atoms with van der Waals surface area (Å²) in [6, 6.07) is 20.5. The summed E-state index contributed by atoms with van der Waals surface area (Å²) in [5, 5.41) is 1.14. The van der Waals surface area contributed by atoms with Gasteiger partial charge in [0.1, 0.15) is 0 Å². The number of carbonyl (C=O) groups excluding carboxylic acids is 1. The molecule has 1 atom stereocenters. The zero-order valence-electron chi connectivity index (χ0n) is 19.6. The number of hydrogen-bond donors (Lipinski definition) is 0. The maximum atomic E-state index is 13.4. The van der Waals surface area contributed by atoms with Crippen molar-refractivity contribution >= 4 is 16.8 Å². The summed E-state index contributed by atoms with van der Waals surface area (Å²) < 4.78 is 11.9. The number of ether oxygens (including phenoxy) is 2. The van der Waals surface area contributed by atoms with Crippen LogP contribution >= 0.6 is 0 Å². The largest absolute Gasteiger partial charge is 0.381 e. The normalized spacial score (nSPS) is 20.5. The van der Waals surface area contributed by atoms with E-state index in [-0.39, 0.29) is 12.0 Å².